The van der Waals surface area contributed by atoms with Crippen LogP contribution in [-0.4, -0.2) is 70.5 Å². The van der Waals surface area contributed by atoms with E-state index < -0.39 is 0 Å². The summed E-state index contributed by atoms with van der Waals surface area (Å²) < 4.78 is 10.2. The molecule has 3 heterocycles. The van der Waals surface area contributed by atoms with Crippen LogP contribution in [0.15, 0.2) is 29.5 Å². The summed E-state index contributed by atoms with van der Waals surface area (Å²) in [7, 11) is 1.39. The van der Waals surface area contributed by atoms with Crippen molar-refractivity contribution in [2.45, 2.75) is 36.2 Å². The second-order valence-electron chi connectivity index (χ2n) is 7.41. The fourth-order valence-electron chi connectivity index (χ4n) is 3.67. The van der Waals surface area contributed by atoms with E-state index in [1.54, 1.807) is 0 Å². The number of carbonyl (C=O) groups is 1. The first-order valence-corrected chi connectivity index (χ1v) is 11.3. The highest BCUT2D eigenvalue weighted by atomic mass is 35.5. The van der Waals surface area contributed by atoms with Crippen LogP contribution in [0.25, 0.3) is 16.7 Å². The van der Waals surface area contributed by atoms with Gasteiger partial charge in [0.05, 0.1) is 43.0 Å². The second kappa shape index (κ2) is 9.51. The fraction of sp³-hybridized carbons (Fsp3) is 0.476. The van der Waals surface area contributed by atoms with E-state index in [4.69, 9.17) is 26.1 Å². The Morgan fingerprint density at radius 2 is 2.23 bits per heavy atom. The molecule has 0 saturated carbocycles. The van der Waals surface area contributed by atoms with Crippen molar-refractivity contribution >= 4 is 46.1 Å². The highest BCUT2D eigenvalue weighted by Gasteiger charge is 2.22. The number of hydrogen-bond acceptors (Lipinski definition) is 7. The normalized spacial score (nSPS) is 20.9. The van der Waals surface area contributed by atoms with Crippen molar-refractivity contribution in [3.8, 4) is 0 Å². The lowest BCUT2D eigenvalue weighted by Crippen LogP contribution is -2.42. The molecule has 1 aliphatic heterocycles. The minimum atomic E-state index is -0.235. The van der Waals surface area contributed by atoms with E-state index in [1.165, 1.54) is 18.9 Å². The average Bonchev–Trinajstić information content (AvgIpc) is 3.14. The molecule has 1 saturated heterocycles. The lowest BCUT2D eigenvalue weighted by molar-refractivity contribution is -0.140. The van der Waals surface area contributed by atoms with Crippen molar-refractivity contribution < 1.29 is 14.3 Å². The summed E-state index contributed by atoms with van der Waals surface area (Å²) in [6, 6.07) is 2.26. The van der Waals surface area contributed by atoms with Gasteiger partial charge in [-0.05, 0) is 18.1 Å². The third kappa shape index (κ3) is 4.88. The summed E-state index contributed by atoms with van der Waals surface area (Å²) >= 11 is 8.03. The number of allylic oxidation sites excluding steroid dienone is 2. The monoisotopic (exact) mass is 448 g/mol. The van der Waals surface area contributed by atoms with Crippen LogP contribution in [-0.2, 0) is 14.3 Å². The molecule has 30 heavy (non-hydrogen) atoms. The van der Waals surface area contributed by atoms with Crippen LogP contribution >= 0.6 is 23.4 Å². The molecule has 1 N–H and O–H groups in total. The molecule has 2 aromatic rings. The number of ether oxygens (including phenoxy) is 2. The molecule has 0 aromatic carbocycles. The molecule has 0 amide bonds. The molecule has 0 radical (unpaired) electrons. The van der Waals surface area contributed by atoms with E-state index in [0.717, 1.165) is 49.5 Å². The van der Waals surface area contributed by atoms with E-state index in [0.29, 0.717) is 28.3 Å². The Kier molecular flexibility index (Phi) is 6.77. The number of fused-ring (bicyclic) bond motifs is 1. The first-order valence-electron chi connectivity index (χ1n) is 10.0. The van der Waals surface area contributed by atoms with Gasteiger partial charge in [-0.3, -0.25) is 9.69 Å². The minimum Gasteiger partial charge on any atom is -0.469 e. The Labute approximate surface area is 184 Å². The number of pyridine rings is 1. The number of carbonyl (C=O) groups excluding carboxylic acids is 1. The maximum absolute atomic E-state index is 11.5. The van der Waals surface area contributed by atoms with Gasteiger partial charge in [-0.15, -0.1) is 0 Å². The van der Waals surface area contributed by atoms with Crippen LogP contribution in [0.4, 0.5) is 0 Å². The molecule has 4 rings (SSSR count). The smallest absolute Gasteiger partial charge is 0.306 e. The number of thioether (sulfide) groups is 1. The number of morpholine rings is 1. The molecule has 2 aliphatic rings. The zero-order chi connectivity index (χ0) is 21.1. The number of aromatic amines is 1. The summed E-state index contributed by atoms with van der Waals surface area (Å²) in [5, 5.41) is 1.34. The standard InChI is InChI=1S/C21H25ClN4O3S/c1-13(11-18(27)28-2)30-21-23-17-12-16(22)19(24-20(17)25-21)14-3-5-15(6-4-14)26-7-9-29-10-8-26/h3-5,12-13,15H,6-11H2,1-2H3,(H,23,24,25). The number of nitrogens with zero attached hydrogens (tertiary/aromatic N) is 3. The lowest BCUT2D eigenvalue weighted by atomic mass is 9.99. The van der Waals surface area contributed by atoms with Crippen molar-refractivity contribution in [1.29, 1.82) is 0 Å². The van der Waals surface area contributed by atoms with E-state index in [9.17, 15) is 4.79 Å². The summed E-state index contributed by atoms with van der Waals surface area (Å²) in [6.45, 7) is 5.48. The van der Waals surface area contributed by atoms with Gasteiger partial charge < -0.3 is 14.5 Å². The molecule has 7 nitrogen and oxygen atoms in total. The Morgan fingerprint density at radius 3 is 2.93 bits per heavy atom. The van der Waals surface area contributed by atoms with Crippen LogP contribution in [0.3, 0.4) is 0 Å². The second-order valence-corrected chi connectivity index (χ2v) is 9.24. The molecule has 0 bridgehead atoms. The van der Waals surface area contributed by atoms with Crippen LogP contribution in [0.2, 0.25) is 5.02 Å². The molecule has 2 aromatic heterocycles. The van der Waals surface area contributed by atoms with Crippen LogP contribution < -0.4 is 0 Å². The zero-order valence-corrected chi connectivity index (χ0v) is 18.6. The Morgan fingerprint density at radius 1 is 1.43 bits per heavy atom. The summed E-state index contributed by atoms with van der Waals surface area (Å²) in [5.74, 6) is -0.235. The first-order chi connectivity index (χ1) is 14.5. The fourth-order valence-corrected chi connectivity index (χ4v) is 4.84. The maximum atomic E-state index is 11.5. The summed E-state index contributed by atoms with van der Waals surface area (Å²) in [5.41, 5.74) is 3.16. The number of esters is 1. The first kappa shape index (κ1) is 21.4. The number of halogens is 1. The van der Waals surface area contributed by atoms with Crippen molar-refractivity contribution in [2.75, 3.05) is 33.4 Å². The van der Waals surface area contributed by atoms with Crippen molar-refractivity contribution in [2.24, 2.45) is 0 Å². The number of methoxy groups -OCH3 is 1. The van der Waals surface area contributed by atoms with Crippen molar-refractivity contribution in [3.05, 3.63) is 35.0 Å². The number of H-pyrrole nitrogens is 1. The zero-order valence-electron chi connectivity index (χ0n) is 17.1. The number of hydrogen-bond donors (Lipinski definition) is 1. The molecular weight excluding hydrogens is 424 g/mol. The van der Waals surface area contributed by atoms with Crippen LogP contribution in [0.1, 0.15) is 25.5 Å². The number of imidazole rings is 1. The SMILES string of the molecule is COC(=O)CC(C)Sc1nc2nc(C3=CCC(N4CCOCC4)C=C3)c(Cl)cc2[nH]1. The van der Waals surface area contributed by atoms with Gasteiger partial charge in [-0.1, -0.05) is 48.5 Å². The van der Waals surface area contributed by atoms with E-state index in [1.807, 2.05) is 13.0 Å². The Balaban J connectivity index is 1.48. The van der Waals surface area contributed by atoms with Gasteiger partial charge in [0.25, 0.3) is 0 Å². The van der Waals surface area contributed by atoms with E-state index >= 15 is 0 Å². The molecule has 160 valence electrons. The summed E-state index contributed by atoms with van der Waals surface area (Å²) in [6.07, 6.45) is 7.77. The van der Waals surface area contributed by atoms with Gasteiger partial charge in [-0.25, -0.2) is 9.97 Å². The highest BCUT2D eigenvalue weighted by molar-refractivity contribution is 7.99. The maximum Gasteiger partial charge on any atom is 0.306 e. The molecule has 0 spiro atoms. The van der Waals surface area contributed by atoms with Gasteiger partial charge in [0.15, 0.2) is 10.8 Å². The highest BCUT2D eigenvalue weighted by Crippen LogP contribution is 2.31. The minimum absolute atomic E-state index is 0.0362. The van der Waals surface area contributed by atoms with Gasteiger partial charge in [0, 0.05) is 24.4 Å². The molecule has 1 aliphatic carbocycles. The van der Waals surface area contributed by atoms with Crippen LogP contribution in [0, 0.1) is 0 Å². The van der Waals surface area contributed by atoms with Crippen LogP contribution in [0.5, 0.6) is 0 Å². The molecule has 2 atom stereocenters. The van der Waals surface area contributed by atoms with E-state index in [2.05, 4.69) is 33.1 Å². The molecule has 2 unspecified atom stereocenters. The Bertz CT molecular complexity index is 984. The lowest BCUT2D eigenvalue weighted by Gasteiger charge is -2.33. The van der Waals surface area contributed by atoms with Crippen molar-refractivity contribution in [1.82, 2.24) is 19.9 Å². The third-order valence-corrected chi connectivity index (χ3v) is 6.54. The van der Waals surface area contributed by atoms with Gasteiger partial charge in [-0.2, -0.15) is 0 Å². The number of nitrogens with one attached hydrogen (secondary N) is 1. The molecular formula is C21H25ClN4O3S. The predicted molar refractivity (Wildman–Crippen MR) is 119 cm³/mol. The largest absolute Gasteiger partial charge is 0.469 e. The average molecular weight is 449 g/mol. The summed E-state index contributed by atoms with van der Waals surface area (Å²) in [4.78, 5) is 26.4. The number of aromatic nitrogens is 3. The molecule has 1 fully saturated rings. The van der Waals surface area contributed by atoms with E-state index in [-0.39, 0.29) is 11.2 Å². The van der Waals surface area contributed by atoms with Crippen molar-refractivity contribution in [3.63, 3.8) is 0 Å². The van der Waals surface area contributed by atoms with Gasteiger partial charge >= 0.3 is 5.97 Å². The predicted octanol–water partition coefficient (Wildman–Crippen LogP) is 3.70. The van der Waals surface area contributed by atoms with Gasteiger partial charge in [0.2, 0.25) is 0 Å². The Hall–Kier alpha value is -1.87. The number of rotatable bonds is 6. The molecule has 9 heteroatoms. The third-order valence-electron chi connectivity index (χ3n) is 5.26. The van der Waals surface area contributed by atoms with Gasteiger partial charge in [0.1, 0.15) is 0 Å². The quantitative estimate of drug-likeness (QED) is 0.533. The topological polar surface area (TPSA) is 80.3 Å².